The third-order valence-electron chi connectivity index (χ3n) is 6.48. The molecule has 0 saturated carbocycles. The van der Waals surface area contributed by atoms with Crippen molar-refractivity contribution in [2.24, 2.45) is 0 Å². The highest BCUT2D eigenvalue weighted by Crippen LogP contribution is 2.26. The van der Waals surface area contributed by atoms with E-state index in [1.165, 1.54) is 33.5 Å². The van der Waals surface area contributed by atoms with Crippen molar-refractivity contribution in [3.8, 4) is 5.75 Å². The van der Waals surface area contributed by atoms with Crippen molar-refractivity contribution in [3.63, 3.8) is 0 Å². The van der Waals surface area contributed by atoms with Gasteiger partial charge < -0.3 is 19.7 Å². The van der Waals surface area contributed by atoms with E-state index in [4.69, 9.17) is 21.1 Å². The second-order valence-corrected chi connectivity index (χ2v) is 11.6. The average Bonchev–Trinajstić information content (AvgIpc) is 3.00. The molecule has 0 aliphatic carbocycles. The molecule has 216 valence electrons. The van der Waals surface area contributed by atoms with Crippen LogP contribution in [0.2, 0.25) is 5.02 Å². The summed E-state index contributed by atoms with van der Waals surface area (Å²) < 4.78 is 38.2. The molecule has 41 heavy (non-hydrogen) atoms. The lowest BCUT2D eigenvalue weighted by Crippen LogP contribution is -2.45. The maximum absolute atomic E-state index is 13.7. The van der Waals surface area contributed by atoms with Crippen molar-refractivity contribution in [1.82, 2.24) is 14.5 Å². The molecule has 1 heterocycles. The number of halogens is 1. The number of hydrogen-bond donors (Lipinski definition) is 1. The van der Waals surface area contributed by atoms with Crippen LogP contribution in [-0.2, 0) is 30.9 Å². The SMILES string of the molecule is C=CCNC(=O)[C@@H](c1ccccc1)N(Cc1ccc(Cl)cc1)C(=O)COc1ccc(S(=O)(=O)N2CCOCC2)cc1. The zero-order chi connectivity index (χ0) is 29.2. The van der Waals surface area contributed by atoms with Crippen molar-refractivity contribution >= 4 is 33.4 Å². The fourth-order valence-corrected chi connectivity index (χ4v) is 5.89. The van der Waals surface area contributed by atoms with Gasteiger partial charge in [0.2, 0.25) is 15.9 Å². The molecule has 4 rings (SSSR count). The highest BCUT2D eigenvalue weighted by Gasteiger charge is 2.32. The molecule has 9 nitrogen and oxygen atoms in total. The standard InChI is InChI=1S/C30H32ClN3O6S/c1-2-16-32-30(36)29(24-6-4-3-5-7-24)34(21-23-8-10-25(31)11-9-23)28(35)22-40-26-12-14-27(15-13-26)41(37,38)33-17-19-39-20-18-33/h2-15,29H,1,16-22H2,(H,32,36)/t29-/m1/s1. The molecule has 0 radical (unpaired) electrons. The van der Waals surface area contributed by atoms with Gasteiger partial charge in [-0.25, -0.2) is 8.42 Å². The Kier molecular flexibility index (Phi) is 10.5. The summed E-state index contributed by atoms with van der Waals surface area (Å²) in [5.41, 5.74) is 1.41. The Balaban J connectivity index is 1.55. The minimum atomic E-state index is -3.66. The van der Waals surface area contributed by atoms with Crippen LogP contribution in [0.15, 0.2) is 96.4 Å². The van der Waals surface area contributed by atoms with Crippen LogP contribution in [0.1, 0.15) is 17.2 Å². The summed E-state index contributed by atoms with van der Waals surface area (Å²) in [6.07, 6.45) is 1.57. The third-order valence-corrected chi connectivity index (χ3v) is 8.64. The summed E-state index contributed by atoms with van der Waals surface area (Å²) in [6.45, 7) is 4.93. The summed E-state index contributed by atoms with van der Waals surface area (Å²) in [7, 11) is -3.66. The summed E-state index contributed by atoms with van der Waals surface area (Å²) in [6, 6.07) is 21.0. The Morgan fingerprint density at radius 2 is 1.68 bits per heavy atom. The first-order valence-electron chi connectivity index (χ1n) is 13.1. The molecule has 2 amide bonds. The Hall–Kier alpha value is -3.70. The largest absolute Gasteiger partial charge is 0.484 e. The van der Waals surface area contributed by atoms with Crippen LogP contribution in [0.5, 0.6) is 5.75 Å². The normalized spacial score (nSPS) is 14.6. The van der Waals surface area contributed by atoms with Crippen molar-refractivity contribution < 1.29 is 27.5 Å². The van der Waals surface area contributed by atoms with E-state index in [0.717, 1.165) is 5.56 Å². The lowest BCUT2D eigenvalue weighted by molar-refractivity contribution is -0.143. The highest BCUT2D eigenvalue weighted by molar-refractivity contribution is 7.89. The lowest BCUT2D eigenvalue weighted by Gasteiger charge is -2.31. The molecule has 1 aliphatic rings. The van der Waals surface area contributed by atoms with Gasteiger partial charge in [0.1, 0.15) is 11.8 Å². The number of carbonyl (C=O) groups is 2. The molecule has 11 heteroatoms. The van der Waals surface area contributed by atoms with Crippen molar-refractivity contribution in [2.45, 2.75) is 17.5 Å². The monoisotopic (exact) mass is 597 g/mol. The number of ether oxygens (including phenoxy) is 2. The number of hydrogen-bond acceptors (Lipinski definition) is 6. The quantitative estimate of drug-likeness (QED) is 0.318. The Labute approximate surface area is 245 Å². The topological polar surface area (TPSA) is 105 Å². The van der Waals surface area contributed by atoms with Crippen LogP contribution in [-0.4, -0.2) is 68.9 Å². The predicted molar refractivity (Wildman–Crippen MR) is 156 cm³/mol. The van der Waals surface area contributed by atoms with Crippen molar-refractivity contribution in [1.29, 1.82) is 0 Å². The third kappa shape index (κ3) is 7.95. The second-order valence-electron chi connectivity index (χ2n) is 9.27. The molecule has 3 aromatic rings. The van der Waals surface area contributed by atoms with E-state index in [-0.39, 0.29) is 30.5 Å². The van der Waals surface area contributed by atoms with Gasteiger partial charge in [-0.05, 0) is 47.5 Å². The fourth-order valence-electron chi connectivity index (χ4n) is 4.36. The van der Waals surface area contributed by atoms with E-state index < -0.39 is 22.0 Å². The summed E-state index contributed by atoms with van der Waals surface area (Å²) in [5.74, 6) is -0.484. The number of rotatable bonds is 12. The molecular weight excluding hydrogens is 566 g/mol. The van der Waals surface area contributed by atoms with E-state index in [0.29, 0.717) is 42.6 Å². The first kappa shape index (κ1) is 30.3. The van der Waals surface area contributed by atoms with Gasteiger partial charge in [-0.2, -0.15) is 4.31 Å². The predicted octanol–water partition coefficient (Wildman–Crippen LogP) is 3.81. The average molecular weight is 598 g/mol. The first-order valence-corrected chi connectivity index (χ1v) is 14.9. The molecule has 1 atom stereocenters. The van der Waals surface area contributed by atoms with Gasteiger partial charge in [0.05, 0.1) is 18.1 Å². The molecule has 3 aromatic carbocycles. The van der Waals surface area contributed by atoms with Crippen molar-refractivity contribution in [3.05, 3.63) is 108 Å². The molecule has 0 aromatic heterocycles. The van der Waals surface area contributed by atoms with E-state index in [1.807, 2.05) is 6.07 Å². The molecule has 1 N–H and O–H groups in total. The smallest absolute Gasteiger partial charge is 0.261 e. The molecular formula is C30H32ClN3O6S. The maximum atomic E-state index is 13.7. The van der Waals surface area contributed by atoms with Crippen LogP contribution < -0.4 is 10.1 Å². The van der Waals surface area contributed by atoms with E-state index in [9.17, 15) is 18.0 Å². The molecule has 1 aliphatic heterocycles. The summed E-state index contributed by atoms with van der Waals surface area (Å²) in [5, 5.41) is 3.35. The minimum Gasteiger partial charge on any atom is -0.484 e. The summed E-state index contributed by atoms with van der Waals surface area (Å²) in [4.78, 5) is 28.6. The lowest BCUT2D eigenvalue weighted by atomic mass is 10.0. The van der Waals surface area contributed by atoms with Crippen LogP contribution in [0.4, 0.5) is 0 Å². The van der Waals surface area contributed by atoms with Crippen LogP contribution in [0.25, 0.3) is 0 Å². The van der Waals surface area contributed by atoms with E-state index >= 15 is 0 Å². The minimum absolute atomic E-state index is 0.122. The van der Waals surface area contributed by atoms with Gasteiger partial charge in [-0.1, -0.05) is 60.1 Å². The highest BCUT2D eigenvalue weighted by atomic mass is 35.5. The molecule has 1 saturated heterocycles. The van der Waals surface area contributed by atoms with E-state index in [2.05, 4.69) is 11.9 Å². The van der Waals surface area contributed by atoms with Crippen LogP contribution in [0.3, 0.4) is 0 Å². The second kappa shape index (κ2) is 14.3. The Bertz CT molecular complexity index is 1430. The number of nitrogens with one attached hydrogen (secondary N) is 1. The number of carbonyl (C=O) groups excluding carboxylic acids is 2. The van der Waals surface area contributed by atoms with Gasteiger partial charge in [0.25, 0.3) is 5.91 Å². The van der Waals surface area contributed by atoms with Gasteiger partial charge in [-0.3, -0.25) is 9.59 Å². The first-order chi connectivity index (χ1) is 19.8. The van der Waals surface area contributed by atoms with Crippen molar-refractivity contribution in [2.75, 3.05) is 39.5 Å². The molecule has 0 bridgehead atoms. The van der Waals surface area contributed by atoms with Gasteiger partial charge in [0.15, 0.2) is 6.61 Å². The fraction of sp³-hybridized carbons (Fsp3) is 0.267. The molecule has 1 fully saturated rings. The zero-order valence-corrected chi connectivity index (χ0v) is 24.0. The zero-order valence-electron chi connectivity index (χ0n) is 22.4. The summed E-state index contributed by atoms with van der Waals surface area (Å²) >= 11 is 6.06. The van der Waals surface area contributed by atoms with Gasteiger partial charge in [-0.15, -0.1) is 6.58 Å². The van der Waals surface area contributed by atoms with E-state index in [1.54, 1.807) is 54.6 Å². The molecule has 0 unspecified atom stereocenters. The number of morpholine rings is 1. The molecule has 0 spiro atoms. The number of benzene rings is 3. The van der Waals surface area contributed by atoms with Crippen LogP contribution >= 0.6 is 11.6 Å². The number of amides is 2. The van der Waals surface area contributed by atoms with Crippen LogP contribution in [0, 0.1) is 0 Å². The van der Waals surface area contributed by atoms with Gasteiger partial charge >= 0.3 is 0 Å². The Morgan fingerprint density at radius 3 is 2.32 bits per heavy atom. The number of sulfonamides is 1. The number of nitrogens with zero attached hydrogens (tertiary/aromatic N) is 2. The van der Waals surface area contributed by atoms with Gasteiger partial charge in [0, 0.05) is 31.2 Å². The maximum Gasteiger partial charge on any atom is 0.261 e. The Morgan fingerprint density at radius 1 is 1.02 bits per heavy atom.